The highest BCUT2D eigenvalue weighted by Gasteiger charge is 2.60. The summed E-state index contributed by atoms with van der Waals surface area (Å²) in [5, 5.41) is 9.36. The minimum Gasteiger partial charge on any atom is -0.369 e. The lowest BCUT2D eigenvalue weighted by atomic mass is 9.59. The molecule has 1 aliphatic carbocycles. The Morgan fingerprint density at radius 2 is 1.75 bits per heavy atom. The molecule has 0 aromatic rings. The maximum Gasteiger partial charge on any atom is 0.253 e. The topological polar surface area (TPSA) is 93.8 Å². The van der Waals surface area contributed by atoms with E-state index in [1.165, 1.54) is 19.3 Å². The summed E-state index contributed by atoms with van der Waals surface area (Å²) in [6.45, 7) is 20.6. The van der Waals surface area contributed by atoms with Crippen LogP contribution in [0.4, 0.5) is 0 Å². The third-order valence-corrected chi connectivity index (χ3v) is 10.2. The molecule has 3 N–H and O–H groups in total. The van der Waals surface area contributed by atoms with Gasteiger partial charge in [-0.15, -0.1) is 0 Å². The summed E-state index contributed by atoms with van der Waals surface area (Å²) in [7, 11) is 2.09. The van der Waals surface area contributed by atoms with Gasteiger partial charge >= 0.3 is 0 Å². The molecule has 2 saturated heterocycles. The Balaban J connectivity index is 2.23. The van der Waals surface area contributed by atoms with Crippen LogP contribution in [0.2, 0.25) is 0 Å². The standard InChI is InChI=1S/C36H59N5O3/c1-10-17-30-35(8,36(33(44)37-30)21-23-40(9)24-22-36)25-28(32(43)39-34(6,7)38-31(42)18-11-2)26(5)29(12-3)41(13-4)27-19-15-14-16-20-27/h12,17,25,27H,3,10-11,13-16,18-24H2,1-2,4-9H3,(H,37,44)(H,38,42)(H,39,43)/b28-25+,29-26+,30-17+. The number of hydrogen-bond donors (Lipinski definition) is 3. The minimum absolute atomic E-state index is 0.0407. The van der Waals surface area contributed by atoms with Crippen molar-refractivity contribution in [3.05, 3.63) is 47.3 Å². The summed E-state index contributed by atoms with van der Waals surface area (Å²) in [4.78, 5) is 45.6. The van der Waals surface area contributed by atoms with Gasteiger partial charge in [-0.05, 0) is 105 Å². The van der Waals surface area contributed by atoms with Crippen LogP contribution in [0.25, 0.3) is 0 Å². The fourth-order valence-electron chi connectivity index (χ4n) is 7.59. The Hall–Kier alpha value is -2.87. The predicted octanol–water partition coefficient (Wildman–Crippen LogP) is 5.94. The second kappa shape index (κ2) is 14.9. The van der Waals surface area contributed by atoms with Crippen LogP contribution in [0.1, 0.15) is 113 Å². The van der Waals surface area contributed by atoms with Crippen LogP contribution in [0.3, 0.4) is 0 Å². The van der Waals surface area contributed by atoms with Gasteiger partial charge in [0.15, 0.2) is 0 Å². The molecule has 8 nitrogen and oxygen atoms in total. The van der Waals surface area contributed by atoms with Gasteiger partial charge in [-0.1, -0.05) is 51.8 Å². The SMILES string of the molecule is C=C/C(=C(C)\C(=C/C1(C)/C(=C\CC)NC(=O)C12CCN(C)CC2)C(=O)NC(C)(C)NC(=O)CCC)N(CC)C1CCCCC1. The molecule has 3 fully saturated rings. The van der Waals surface area contributed by atoms with Crippen molar-refractivity contribution in [3.8, 4) is 0 Å². The van der Waals surface area contributed by atoms with Crippen molar-refractivity contribution < 1.29 is 14.4 Å². The summed E-state index contributed by atoms with van der Waals surface area (Å²) in [6.07, 6.45) is 15.2. The number of nitrogens with one attached hydrogen (secondary N) is 3. The monoisotopic (exact) mass is 609 g/mol. The lowest BCUT2D eigenvalue weighted by molar-refractivity contribution is -0.133. The molecule has 1 saturated carbocycles. The number of hydrogen-bond acceptors (Lipinski definition) is 5. The Bertz CT molecular complexity index is 1170. The van der Waals surface area contributed by atoms with Crippen molar-refractivity contribution in [2.45, 2.75) is 124 Å². The molecule has 0 aromatic carbocycles. The van der Waals surface area contributed by atoms with E-state index in [2.05, 4.69) is 72.3 Å². The smallest absolute Gasteiger partial charge is 0.253 e. The molecular formula is C36H59N5O3. The van der Waals surface area contributed by atoms with Crippen molar-refractivity contribution in [1.82, 2.24) is 25.8 Å². The molecule has 0 bridgehead atoms. The predicted molar refractivity (Wildman–Crippen MR) is 179 cm³/mol. The van der Waals surface area contributed by atoms with E-state index in [1.54, 1.807) is 0 Å². The van der Waals surface area contributed by atoms with E-state index >= 15 is 0 Å². The normalized spacial score (nSPS) is 24.6. The van der Waals surface area contributed by atoms with Gasteiger partial charge < -0.3 is 25.8 Å². The molecule has 246 valence electrons. The molecule has 1 spiro atoms. The summed E-state index contributed by atoms with van der Waals surface area (Å²) in [6, 6.07) is 0.395. The molecule has 44 heavy (non-hydrogen) atoms. The Labute approximate surface area is 266 Å². The van der Waals surface area contributed by atoms with Crippen LogP contribution in [0.5, 0.6) is 0 Å². The van der Waals surface area contributed by atoms with Gasteiger partial charge in [0.2, 0.25) is 11.8 Å². The molecular weight excluding hydrogens is 550 g/mol. The second-order valence-corrected chi connectivity index (χ2v) is 13.8. The fourth-order valence-corrected chi connectivity index (χ4v) is 7.59. The number of nitrogens with zero attached hydrogens (tertiary/aromatic N) is 2. The highest BCUT2D eigenvalue weighted by molar-refractivity contribution is 5.99. The number of rotatable bonds is 12. The average molecular weight is 610 g/mol. The first-order valence-electron chi connectivity index (χ1n) is 17.0. The summed E-state index contributed by atoms with van der Waals surface area (Å²) in [5.41, 5.74) is 0.809. The van der Waals surface area contributed by atoms with Crippen LogP contribution in [0.15, 0.2) is 47.3 Å². The molecule has 0 aromatic heterocycles. The first-order chi connectivity index (χ1) is 20.8. The van der Waals surface area contributed by atoms with Gasteiger partial charge in [-0.3, -0.25) is 14.4 Å². The zero-order valence-corrected chi connectivity index (χ0v) is 28.8. The third kappa shape index (κ3) is 7.49. The van der Waals surface area contributed by atoms with Crippen molar-refractivity contribution in [1.29, 1.82) is 0 Å². The maximum atomic E-state index is 14.5. The number of amides is 3. The zero-order chi connectivity index (χ0) is 32.7. The fraction of sp³-hybridized carbons (Fsp3) is 0.694. The molecule has 1 unspecified atom stereocenters. The molecule has 8 heteroatoms. The maximum absolute atomic E-state index is 14.5. The van der Waals surface area contributed by atoms with Crippen molar-refractivity contribution in [2.24, 2.45) is 10.8 Å². The first kappa shape index (κ1) is 35.6. The first-order valence-corrected chi connectivity index (χ1v) is 17.0. The van der Waals surface area contributed by atoms with Crippen LogP contribution in [-0.2, 0) is 14.4 Å². The van der Waals surface area contributed by atoms with E-state index in [-0.39, 0.29) is 17.7 Å². The summed E-state index contributed by atoms with van der Waals surface area (Å²) >= 11 is 0. The summed E-state index contributed by atoms with van der Waals surface area (Å²) < 4.78 is 0. The molecule has 3 aliphatic rings. The van der Waals surface area contributed by atoms with E-state index < -0.39 is 16.5 Å². The van der Waals surface area contributed by atoms with Crippen molar-refractivity contribution in [2.75, 3.05) is 26.7 Å². The largest absolute Gasteiger partial charge is 0.369 e. The van der Waals surface area contributed by atoms with E-state index in [1.807, 2.05) is 33.8 Å². The van der Waals surface area contributed by atoms with Gasteiger partial charge in [0.1, 0.15) is 5.66 Å². The van der Waals surface area contributed by atoms with Crippen LogP contribution in [-0.4, -0.2) is 65.9 Å². The quantitative estimate of drug-likeness (QED) is 0.145. The number of allylic oxidation sites excluding steroid dienone is 3. The van der Waals surface area contributed by atoms with E-state index in [4.69, 9.17) is 0 Å². The lowest BCUT2D eigenvalue weighted by Crippen LogP contribution is -2.57. The number of carbonyl (C=O) groups is 3. The number of carbonyl (C=O) groups excluding carboxylic acids is 3. The molecule has 3 rings (SSSR count). The van der Waals surface area contributed by atoms with E-state index in [9.17, 15) is 14.4 Å². The average Bonchev–Trinajstić information content (AvgIpc) is 3.16. The van der Waals surface area contributed by atoms with Gasteiger partial charge in [0.05, 0.1) is 5.41 Å². The Kier molecular flexibility index (Phi) is 12.1. The van der Waals surface area contributed by atoms with Crippen LogP contribution < -0.4 is 16.0 Å². The number of piperidine rings is 1. The van der Waals surface area contributed by atoms with E-state index in [0.29, 0.717) is 30.9 Å². The molecule has 1 atom stereocenters. The highest BCUT2D eigenvalue weighted by atomic mass is 16.2. The molecule has 2 heterocycles. The van der Waals surface area contributed by atoms with Gasteiger partial charge in [0, 0.05) is 41.4 Å². The summed E-state index contributed by atoms with van der Waals surface area (Å²) in [5.74, 6) is -0.338. The lowest BCUT2D eigenvalue weighted by Gasteiger charge is -2.45. The van der Waals surface area contributed by atoms with Crippen molar-refractivity contribution >= 4 is 17.7 Å². The molecule has 2 aliphatic heterocycles. The third-order valence-electron chi connectivity index (χ3n) is 10.2. The van der Waals surface area contributed by atoms with Crippen molar-refractivity contribution in [3.63, 3.8) is 0 Å². The second-order valence-electron chi connectivity index (χ2n) is 13.8. The van der Waals surface area contributed by atoms with Gasteiger partial charge in [-0.2, -0.15) is 0 Å². The Morgan fingerprint density at radius 1 is 1.11 bits per heavy atom. The van der Waals surface area contributed by atoms with E-state index in [0.717, 1.165) is 62.3 Å². The van der Waals surface area contributed by atoms with Crippen LogP contribution in [0, 0.1) is 10.8 Å². The molecule has 0 radical (unpaired) electrons. The highest BCUT2D eigenvalue weighted by Crippen LogP contribution is 2.56. The molecule has 3 amide bonds. The van der Waals surface area contributed by atoms with Gasteiger partial charge in [-0.25, -0.2) is 0 Å². The number of likely N-dealkylation sites (N-methyl/N-ethyl adjacent to an activating group) is 1. The minimum atomic E-state index is -0.969. The Morgan fingerprint density at radius 3 is 2.30 bits per heavy atom. The number of likely N-dealkylation sites (tertiary alicyclic amines) is 1. The zero-order valence-electron chi connectivity index (χ0n) is 28.8. The van der Waals surface area contributed by atoms with Gasteiger partial charge in [0.25, 0.3) is 5.91 Å². The van der Waals surface area contributed by atoms with Crippen LogP contribution >= 0.6 is 0 Å².